The average molecular weight is 250 g/mol. The van der Waals surface area contributed by atoms with E-state index in [2.05, 4.69) is 4.52 Å². The Morgan fingerprint density at radius 2 is 1.46 bits per heavy atom. The first-order chi connectivity index (χ1) is 4.63. The molecular weight excluding hydrogens is 248 g/mol. The summed E-state index contributed by atoms with van der Waals surface area (Å²) < 4.78 is 22.3. The van der Waals surface area contributed by atoms with Gasteiger partial charge in [0.15, 0.2) is 0 Å². The molecule has 0 rings (SSSR count). The predicted octanol–water partition coefficient (Wildman–Crippen LogP) is -7.86. The molecule has 0 spiro atoms. The average Bonchev–Trinajstić information content (AvgIpc) is 1.56. The van der Waals surface area contributed by atoms with Crippen molar-refractivity contribution in [2.24, 2.45) is 0 Å². The molecule has 0 radical (unpaired) electrons. The maximum Gasteiger partial charge on any atom is 1.00 e. The summed E-state index contributed by atoms with van der Waals surface area (Å²) in [5, 5.41) is 0. The minimum absolute atomic E-state index is 0. The number of phosphoric acid groups is 1. The molecule has 0 aliphatic heterocycles. The standard InChI is InChI=1S/CH4O8P2.2Na/c2-1(10(3,4)5)9-11(6,7)8;;/h(H2,3,4,5)(H2,6,7,8);;/q;2*+1/p-2. The molecule has 0 aromatic carbocycles. The fourth-order valence-electron chi connectivity index (χ4n) is 0.152. The van der Waals surface area contributed by atoms with Crippen molar-refractivity contribution in [2.75, 3.05) is 0 Å². The Hall–Kier alpha value is 1.77. The SMILES string of the molecule is O=C(OP(=O)(O)O)P(=O)([O-])[O-].[Na+].[Na+]. The summed E-state index contributed by atoms with van der Waals surface area (Å²) in [6.07, 6.45) is 0. The summed E-state index contributed by atoms with van der Waals surface area (Å²) in [6, 6.07) is 0. The Kier molecular flexibility index (Phi) is 11.1. The van der Waals surface area contributed by atoms with E-state index in [9.17, 15) is 23.7 Å². The van der Waals surface area contributed by atoms with Gasteiger partial charge in [0.2, 0.25) is 0 Å². The Morgan fingerprint density at radius 1 is 1.15 bits per heavy atom. The predicted molar refractivity (Wildman–Crippen MR) is 26.1 cm³/mol. The first-order valence-electron chi connectivity index (χ1n) is 1.94. The molecule has 0 fully saturated rings. The van der Waals surface area contributed by atoms with E-state index in [1.165, 1.54) is 0 Å². The molecule has 0 aromatic rings. The van der Waals surface area contributed by atoms with E-state index >= 15 is 0 Å². The van der Waals surface area contributed by atoms with Crippen LogP contribution in [0.4, 0.5) is 4.79 Å². The number of carbonyl (C=O) groups excluding carboxylic acids is 1. The van der Waals surface area contributed by atoms with Crippen molar-refractivity contribution >= 4 is 21.1 Å². The van der Waals surface area contributed by atoms with Gasteiger partial charge in [0.1, 0.15) is 0 Å². The zero-order chi connectivity index (χ0) is 9.28. The van der Waals surface area contributed by atoms with Crippen LogP contribution in [0.1, 0.15) is 0 Å². The molecule has 0 aliphatic rings. The summed E-state index contributed by atoms with van der Waals surface area (Å²) >= 11 is 0. The third kappa shape index (κ3) is 11.7. The summed E-state index contributed by atoms with van der Waals surface area (Å²) in [5.74, 6) is 0. The zero-order valence-electron chi connectivity index (χ0n) is 6.74. The topological polar surface area (TPSA) is 147 Å². The van der Waals surface area contributed by atoms with Gasteiger partial charge in [0, 0.05) is 7.60 Å². The molecule has 0 aliphatic carbocycles. The second-order valence-corrected chi connectivity index (χ2v) is 3.87. The van der Waals surface area contributed by atoms with Gasteiger partial charge < -0.3 is 18.9 Å². The molecule has 2 N–H and O–H groups in total. The van der Waals surface area contributed by atoms with Crippen LogP contribution in [0, 0.1) is 0 Å². The van der Waals surface area contributed by atoms with Crippen molar-refractivity contribution in [3.8, 4) is 0 Å². The zero-order valence-corrected chi connectivity index (χ0v) is 12.5. The van der Waals surface area contributed by atoms with Crippen LogP contribution in [0.15, 0.2) is 0 Å². The number of rotatable bonds is 2. The molecule has 0 amide bonds. The molecule has 66 valence electrons. The van der Waals surface area contributed by atoms with Crippen molar-refractivity contribution in [3.63, 3.8) is 0 Å². The van der Waals surface area contributed by atoms with Crippen LogP contribution in [-0.2, 0) is 13.7 Å². The van der Waals surface area contributed by atoms with Crippen molar-refractivity contribution in [3.05, 3.63) is 0 Å². The monoisotopic (exact) mass is 250 g/mol. The fourth-order valence-corrected chi connectivity index (χ4v) is 1.07. The van der Waals surface area contributed by atoms with Gasteiger partial charge in [0.25, 0.3) is 0 Å². The molecule has 12 heteroatoms. The van der Waals surface area contributed by atoms with Gasteiger partial charge in [0.05, 0.1) is 0 Å². The van der Waals surface area contributed by atoms with Gasteiger partial charge in [-0.25, -0.2) is 9.36 Å². The fraction of sp³-hybridized carbons (Fsp3) is 0. The van der Waals surface area contributed by atoms with Gasteiger partial charge in [-0.3, -0.25) is 9.79 Å². The van der Waals surface area contributed by atoms with Crippen LogP contribution in [-0.4, -0.2) is 15.5 Å². The van der Waals surface area contributed by atoms with Crippen LogP contribution >= 0.6 is 15.4 Å². The Labute approximate surface area is 117 Å². The van der Waals surface area contributed by atoms with Gasteiger partial charge in [-0.05, 0) is 0 Å². The number of hydrogen-bond donors (Lipinski definition) is 2. The largest absolute Gasteiger partial charge is 1.00 e. The Balaban J connectivity index is -0.000000500. The molecular formula is CH2Na2O8P2. The maximum absolute atomic E-state index is 9.88. The van der Waals surface area contributed by atoms with Gasteiger partial charge in [-0.15, -0.1) is 0 Å². The second-order valence-electron chi connectivity index (χ2n) is 1.35. The molecule has 0 saturated heterocycles. The van der Waals surface area contributed by atoms with Gasteiger partial charge in [-0.1, -0.05) is 0 Å². The van der Waals surface area contributed by atoms with Crippen molar-refractivity contribution in [1.29, 1.82) is 0 Å². The molecule has 0 atom stereocenters. The second kappa shape index (κ2) is 7.11. The van der Waals surface area contributed by atoms with E-state index < -0.39 is 21.1 Å². The summed E-state index contributed by atoms with van der Waals surface area (Å²) in [6.45, 7) is 0. The van der Waals surface area contributed by atoms with Crippen molar-refractivity contribution in [2.45, 2.75) is 0 Å². The quantitative estimate of drug-likeness (QED) is 0.362. The maximum atomic E-state index is 9.88. The third-order valence-corrected chi connectivity index (χ3v) is 1.51. The van der Waals surface area contributed by atoms with E-state index in [0.29, 0.717) is 0 Å². The minimum Gasteiger partial charge on any atom is -0.803 e. The smallest absolute Gasteiger partial charge is 0.803 e. The van der Waals surface area contributed by atoms with E-state index in [1.54, 1.807) is 0 Å². The van der Waals surface area contributed by atoms with Crippen LogP contribution < -0.4 is 68.9 Å². The summed E-state index contributed by atoms with van der Waals surface area (Å²) in [7, 11) is -10.9. The van der Waals surface area contributed by atoms with Crippen molar-refractivity contribution in [1.82, 2.24) is 0 Å². The normalized spacial score (nSPS) is 10.8. The summed E-state index contributed by atoms with van der Waals surface area (Å²) in [4.78, 5) is 44.8. The van der Waals surface area contributed by atoms with Gasteiger partial charge >= 0.3 is 72.6 Å². The van der Waals surface area contributed by atoms with Crippen LogP contribution in [0.5, 0.6) is 0 Å². The Morgan fingerprint density at radius 3 is 1.54 bits per heavy atom. The molecule has 13 heavy (non-hydrogen) atoms. The van der Waals surface area contributed by atoms with Crippen LogP contribution in [0.2, 0.25) is 0 Å². The van der Waals surface area contributed by atoms with E-state index in [1.807, 2.05) is 0 Å². The summed E-state index contributed by atoms with van der Waals surface area (Å²) in [5.41, 5.74) is -2.47. The molecule has 0 saturated carbocycles. The molecule has 0 unspecified atom stereocenters. The number of carbonyl (C=O) groups is 1. The van der Waals surface area contributed by atoms with E-state index in [0.717, 1.165) is 0 Å². The minimum atomic E-state index is -5.71. The Bertz CT molecular complexity index is 249. The first kappa shape index (κ1) is 20.2. The molecule has 0 heterocycles. The van der Waals surface area contributed by atoms with Crippen LogP contribution in [0.3, 0.4) is 0 Å². The first-order valence-corrected chi connectivity index (χ1v) is 5.02. The molecule has 8 nitrogen and oxygen atoms in total. The number of phosphoric ester groups is 1. The van der Waals surface area contributed by atoms with E-state index in [4.69, 9.17) is 9.79 Å². The van der Waals surface area contributed by atoms with E-state index in [-0.39, 0.29) is 59.1 Å². The molecule has 0 bridgehead atoms. The van der Waals surface area contributed by atoms with Gasteiger partial charge in [-0.2, -0.15) is 0 Å². The molecule has 0 aromatic heterocycles. The number of hydrogen-bond acceptors (Lipinski definition) is 6. The van der Waals surface area contributed by atoms with Crippen LogP contribution in [0.25, 0.3) is 0 Å². The third-order valence-electron chi connectivity index (χ3n) is 0.421. The van der Waals surface area contributed by atoms with Crippen molar-refractivity contribution < 1.29 is 97.1 Å².